The molecular formula is C20H23NO6S2. The molecule has 0 amide bonds. The van der Waals surface area contributed by atoms with Gasteiger partial charge in [0.2, 0.25) is 10.0 Å². The maximum atomic E-state index is 12.7. The lowest BCUT2D eigenvalue weighted by atomic mass is 9.96. The lowest BCUT2D eigenvalue weighted by molar-refractivity contribution is 0.0702. The van der Waals surface area contributed by atoms with E-state index in [0.29, 0.717) is 18.6 Å². The summed E-state index contributed by atoms with van der Waals surface area (Å²) in [6.07, 6.45) is 14.0. The molecule has 1 aromatic heterocycles. The maximum Gasteiger partial charge on any atom is 0.345 e. The van der Waals surface area contributed by atoms with Gasteiger partial charge in [0, 0.05) is 11.4 Å². The van der Waals surface area contributed by atoms with E-state index in [1.54, 1.807) is 12.1 Å². The normalized spacial score (nSPS) is 17.3. The predicted octanol–water partition coefficient (Wildman–Crippen LogP) is 3.64. The van der Waals surface area contributed by atoms with Crippen LogP contribution >= 0.6 is 11.3 Å². The Balaban J connectivity index is 1.80. The van der Waals surface area contributed by atoms with Gasteiger partial charge in [0.05, 0.1) is 6.26 Å². The van der Waals surface area contributed by atoms with Crippen LogP contribution in [0.4, 0.5) is 0 Å². The van der Waals surface area contributed by atoms with Crippen molar-refractivity contribution in [2.24, 2.45) is 0 Å². The lowest BCUT2D eigenvalue weighted by Gasteiger charge is -2.33. The summed E-state index contributed by atoms with van der Waals surface area (Å²) in [6, 6.07) is 2.76. The first kappa shape index (κ1) is 21.4. The Labute approximate surface area is 174 Å². The van der Waals surface area contributed by atoms with Crippen LogP contribution in [-0.2, 0) is 25.9 Å². The summed E-state index contributed by atoms with van der Waals surface area (Å²) in [6.45, 7) is 0.273. The molecule has 1 aliphatic carbocycles. The summed E-state index contributed by atoms with van der Waals surface area (Å²) in [5, 5.41) is 9.05. The van der Waals surface area contributed by atoms with Crippen LogP contribution in [0.25, 0.3) is 0 Å². The average molecular weight is 438 g/mol. The fraction of sp³-hybridized carbons (Fsp3) is 0.350. The van der Waals surface area contributed by atoms with Crippen molar-refractivity contribution in [3.8, 4) is 0 Å². The molecule has 1 aromatic rings. The Morgan fingerprint density at radius 2 is 2.17 bits per heavy atom. The van der Waals surface area contributed by atoms with E-state index in [-0.39, 0.29) is 11.4 Å². The molecule has 156 valence electrons. The Bertz CT molecular complexity index is 971. The number of rotatable bonds is 9. The molecule has 29 heavy (non-hydrogen) atoms. The maximum absolute atomic E-state index is 12.7. The molecule has 0 fully saturated rings. The van der Waals surface area contributed by atoms with Crippen molar-refractivity contribution in [1.29, 1.82) is 0 Å². The molecule has 0 bridgehead atoms. The zero-order chi connectivity index (χ0) is 20.9. The average Bonchev–Trinajstić information content (AvgIpc) is 3.17. The minimum atomic E-state index is -3.55. The SMILES string of the molecule is CS(=O)(=O)N(CCCc1ccc(C(=O)O)s1)C(C1=CC=CCC1)C1=COC=CO1. The van der Waals surface area contributed by atoms with Crippen molar-refractivity contribution in [2.75, 3.05) is 12.8 Å². The number of allylic oxidation sites excluding steroid dienone is 3. The van der Waals surface area contributed by atoms with E-state index in [2.05, 4.69) is 0 Å². The van der Waals surface area contributed by atoms with Crippen LogP contribution in [-0.4, -0.2) is 42.6 Å². The first-order valence-corrected chi connectivity index (χ1v) is 11.8. The molecule has 9 heteroatoms. The molecule has 0 radical (unpaired) electrons. The Hall–Kier alpha value is -2.36. The second kappa shape index (κ2) is 9.43. The van der Waals surface area contributed by atoms with Gasteiger partial charge in [-0.1, -0.05) is 18.2 Å². The number of carbonyl (C=O) groups is 1. The lowest BCUT2D eigenvalue weighted by Crippen LogP contribution is -2.43. The van der Waals surface area contributed by atoms with Crippen molar-refractivity contribution < 1.29 is 27.8 Å². The number of thiophene rings is 1. The number of nitrogens with zero attached hydrogens (tertiary/aromatic N) is 1. The number of carboxylic acid groups (broad SMARTS) is 1. The minimum Gasteiger partial charge on any atom is -0.477 e. The zero-order valence-corrected chi connectivity index (χ0v) is 17.6. The predicted molar refractivity (Wildman–Crippen MR) is 111 cm³/mol. The summed E-state index contributed by atoms with van der Waals surface area (Å²) < 4.78 is 37.6. The Kier molecular flexibility index (Phi) is 6.94. The van der Waals surface area contributed by atoms with Crippen molar-refractivity contribution >= 4 is 27.3 Å². The van der Waals surface area contributed by atoms with Gasteiger partial charge >= 0.3 is 5.97 Å². The van der Waals surface area contributed by atoms with Crippen molar-refractivity contribution in [3.63, 3.8) is 0 Å². The van der Waals surface area contributed by atoms with Crippen LogP contribution in [0.5, 0.6) is 0 Å². The van der Waals surface area contributed by atoms with Gasteiger partial charge in [-0.2, -0.15) is 4.31 Å². The van der Waals surface area contributed by atoms with Crippen molar-refractivity contribution in [1.82, 2.24) is 4.31 Å². The Morgan fingerprint density at radius 1 is 1.34 bits per heavy atom. The second-order valence-electron chi connectivity index (χ2n) is 6.71. The van der Waals surface area contributed by atoms with Gasteiger partial charge < -0.3 is 14.6 Å². The molecule has 1 aliphatic heterocycles. The first-order valence-electron chi connectivity index (χ1n) is 9.18. The number of aryl methyl sites for hydroxylation is 1. The fourth-order valence-electron chi connectivity index (χ4n) is 3.28. The number of carboxylic acids is 1. The minimum absolute atomic E-state index is 0.273. The standard InChI is InChI=1S/C20H23NO6S2/c1-29(24,25)21(11-5-8-16-9-10-18(28-16)20(22)23)19(15-6-3-2-4-7-15)17-14-26-12-13-27-17/h2-3,6,9-10,12-14,19H,4-5,7-8,11H2,1H3,(H,22,23). The number of aromatic carboxylic acids is 1. The van der Waals surface area contributed by atoms with E-state index >= 15 is 0 Å². The summed E-state index contributed by atoms with van der Waals surface area (Å²) in [4.78, 5) is 12.2. The number of hydrogen-bond acceptors (Lipinski definition) is 6. The van der Waals surface area contributed by atoms with Crippen LogP contribution in [0.3, 0.4) is 0 Å². The van der Waals surface area contributed by atoms with E-state index < -0.39 is 22.0 Å². The molecule has 1 N–H and O–H groups in total. The largest absolute Gasteiger partial charge is 0.477 e. The van der Waals surface area contributed by atoms with E-state index in [4.69, 9.17) is 14.6 Å². The monoisotopic (exact) mass is 437 g/mol. The fourth-order valence-corrected chi connectivity index (χ4v) is 5.25. The highest BCUT2D eigenvalue weighted by Gasteiger charge is 2.34. The highest BCUT2D eigenvalue weighted by Crippen LogP contribution is 2.30. The number of ether oxygens (including phenoxy) is 2. The molecule has 2 heterocycles. The van der Waals surface area contributed by atoms with Crippen LogP contribution in [0.2, 0.25) is 0 Å². The van der Waals surface area contributed by atoms with Gasteiger partial charge in [-0.05, 0) is 43.4 Å². The molecule has 2 aliphatic rings. The van der Waals surface area contributed by atoms with E-state index in [1.165, 1.54) is 40.7 Å². The molecule has 0 saturated heterocycles. The highest BCUT2D eigenvalue weighted by atomic mass is 32.2. The topological polar surface area (TPSA) is 93.1 Å². The number of hydrogen-bond donors (Lipinski definition) is 1. The molecule has 7 nitrogen and oxygen atoms in total. The van der Waals surface area contributed by atoms with Crippen molar-refractivity contribution in [3.05, 3.63) is 70.2 Å². The first-order chi connectivity index (χ1) is 13.9. The third kappa shape index (κ3) is 5.59. The molecule has 0 spiro atoms. The van der Waals surface area contributed by atoms with Crippen LogP contribution in [0.1, 0.15) is 33.8 Å². The zero-order valence-electron chi connectivity index (χ0n) is 16.0. The highest BCUT2D eigenvalue weighted by molar-refractivity contribution is 7.88. The third-order valence-electron chi connectivity index (χ3n) is 4.58. The molecule has 1 atom stereocenters. The molecular weight excluding hydrogens is 414 g/mol. The van der Waals surface area contributed by atoms with E-state index in [1.807, 2.05) is 18.2 Å². The van der Waals surface area contributed by atoms with Gasteiger partial charge in [-0.25, -0.2) is 13.2 Å². The third-order valence-corrected chi connectivity index (χ3v) is 6.96. The summed E-state index contributed by atoms with van der Waals surface area (Å²) in [5.74, 6) is -0.533. The van der Waals surface area contributed by atoms with Crippen LogP contribution in [0, 0.1) is 0 Å². The molecule has 1 unspecified atom stereocenters. The van der Waals surface area contributed by atoms with Crippen LogP contribution < -0.4 is 0 Å². The van der Waals surface area contributed by atoms with Crippen LogP contribution in [0.15, 0.2) is 60.5 Å². The van der Waals surface area contributed by atoms with Gasteiger partial charge in [0.1, 0.15) is 29.7 Å². The van der Waals surface area contributed by atoms with Gasteiger partial charge in [0.25, 0.3) is 0 Å². The molecule has 0 aromatic carbocycles. The van der Waals surface area contributed by atoms with Crippen molar-refractivity contribution in [2.45, 2.75) is 31.7 Å². The molecule has 3 rings (SSSR count). The number of sulfonamides is 1. The second-order valence-corrected chi connectivity index (χ2v) is 9.81. The summed E-state index contributed by atoms with van der Waals surface area (Å²) in [7, 11) is -3.55. The quantitative estimate of drug-likeness (QED) is 0.634. The summed E-state index contributed by atoms with van der Waals surface area (Å²) >= 11 is 1.21. The van der Waals surface area contributed by atoms with Gasteiger partial charge in [0.15, 0.2) is 5.76 Å². The van der Waals surface area contributed by atoms with E-state index in [0.717, 1.165) is 23.3 Å². The van der Waals surface area contributed by atoms with Gasteiger partial charge in [-0.15, -0.1) is 11.3 Å². The van der Waals surface area contributed by atoms with E-state index in [9.17, 15) is 13.2 Å². The molecule has 0 saturated carbocycles. The van der Waals surface area contributed by atoms with Gasteiger partial charge in [-0.3, -0.25) is 0 Å². The Morgan fingerprint density at radius 3 is 2.76 bits per heavy atom. The smallest absolute Gasteiger partial charge is 0.345 e. The summed E-state index contributed by atoms with van der Waals surface area (Å²) in [5.41, 5.74) is 0.937.